The van der Waals surface area contributed by atoms with E-state index in [1.54, 1.807) is 30.3 Å². The SMILES string of the molecule is C=CCN1C(=O)[C@H](CC(=O)Nc2ccccc2)SC1=Nc1ccc(S(=O)(=O)N2CCOCC2)cc1. The molecule has 0 aromatic heterocycles. The Hall–Kier alpha value is -2.99. The summed E-state index contributed by atoms with van der Waals surface area (Å²) >= 11 is 1.21. The van der Waals surface area contributed by atoms with Gasteiger partial charge >= 0.3 is 0 Å². The summed E-state index contributed by atoms with van der Waals surface area (Å²) in [7, 11) is -3.60. The zero-order valence-corrected chi connectivity index (χ0v) is 20.6. The van der Waals surface area contributed by atoms with E-state index in [0.717, 1.165) is 0 Å². The van der Waals surface area contributed by atoms with Gasteiger partial charge in [-0.05, 0) is 36.4 Å². The van der Waals surface area contributed by atoms with Crippen LogP contribution >= 0.6 is 11.8 Å². The maximum atomic E-state index is 12.9. The number of thioether (sulfide) groups is 1. The van der Waals surface area contributed by atoms with E-state index in [1.807, 2.05) is 18.2 Å². The molecule has 2 saturated heterocycles. The van der Waals surface area contributed by atoms with Gasteiger partial charge in [-0.1, -0.05) is 36.0 Å². The summed E-state index contributed by atoms with van der Waals surface area (Å²) in [5.41, 5.74) is 1.17. The van der Waals surface area contributed by atoms with E-state index in [-0.39, 0.29) is 29.7 Å². The van der Waals surface area contributed by atoms with E-state index in [0.29, 0.717) is 42.8 Å². The van der Waals surface area contributed by atoms with Crippen LogP contribution in [0.3, 0.4) is 0 Å². The molecular formula is C24H26N4O5S2. The monoisotopic (exact) mass is 514 g/mol. The van der Waals surface area contributed by atoms with Crippen LogP contribution in [-0.4, -0.2) is 72.7 Å². The van der Waals surface area contributed by atoms with E-state index in [1.165, 1.54) is 33.1 Å². The minimum absolute atomic E-state index is 0.00177. The highest BCUT2D eigenvalue weighted by molar-refractivity contribution is 8.15. The number of nitrogens with zero attached hydrogens (tertiary/aromatic N) is 3. The van der Waals surface area contributed by atoms with Gasteiger partial charge in [0.15, 0.2) is 5.17 Å². The van der Waals surface area contributed by atoms with Crippen LogP contribution in [0, 0.1) is 0 Å². The van der Waals surface area contributed by atoms with Crippen molar-refractivity contribution in [1.29, 1.82) is 0 Å². The molecule has 1 atom stereocenters. The predicted octanol–water partition coefficient (Wildman–Crippen LogP) is 2.85. The number of para-hydroxylation sites is 1. The molecule has 2 aliphatic rings. The summed E-state index contributed by atoms with van der Waals surface area (Å²) in [6, 6.07) is 15.3. The first kappa shape index (κ1) is 25.1. The van der Waals surface area contributed by atoms with Gasteiger partial charge in [0, 0.05) is 31.7 Å². The Morgan fingerprint density at radius 2 is 1.83 bits per heavy atom. The standard InChI is InChI=1S/C24H26N4O5S2/c1-2-12-28-23(30)21(17-22(29)25-18-6-4-3-5-7-18)34-24(28)26-19-8-10-20(11-9-19)35(31,32)27-13-15-33-16-14-27/h2-11,21H,1,12-17H2,(H,25,29)/t21-/m0/s1. The van der Waals surface area contributed by atoms with Crippen LogP contribution in [-0.2, 0) is 24.3 Å². The van der Waals surface area contributed by atoms with Gasteiger partial charge in [0.25, 0.3) is 0 Å². The van der Waals surface area contributed by atoms with E-state index >= 15 is 0 Å². The molecule has 35 heavy (non-hydrogen) atoms. The smallest absolute Gasteiger partial charge is 0.243 e. The molecule has 0 unspecified atom stereocenters. The van der Waals surface area contributed by atoms with Gasteiger partial charge in [-0.2, -0.15) is 4.31 Å². The molecule has 2 aliphatic heterocycles. The molecule has 2 amide bonds. The molecule has 2 aromatic rings. The number of carbonyl (C=O) groups excluding carboxylic acids is 2. The molecule has 0 spiro atoms. The Balaban J connectivity index is 1.47. The van der Waals surface area contributed by atoms with Gasteiger partial charge in [0.2, 0.25) is 21.8 Å². The third kappa shape index (κ3) is 5.99. The number of nitrogens with one attached hydrogen (secondary N) is 1. The second-order valence-corrected chi connectivity index (χ2v) is 11.0. The Kier molecular flexibility index (Phi) is 8.01. The topological polar surface area (TPSA) is 108 Å². The number of carbonyl (C=O) groups is 2. The number of hydrogen-bond acceptors (Lipinski definition) is 7. The Bertz CT molecular complexity index is 1210. The van der Waals surface area contributed by atoms with Crippen LogP contribution in [0.2, 0.25) is 0 Å². The lowest BCUT2D eigenvalue weighted by atomic mass is 10.2. The van der Waals surface area contributed by atoms with Crippen LogP contribution in [0.25, 0.3) is 0 Å². The molecule has 2 heterocycles. The average molecular weight is 515 g/mol. The first-order valence-electron chi connectivity index (χ1n) is 11.1. The Labute approximate surface area is 208 Å². The summed E-state index contributed by atoms with van der Waals surface area (Å²) in [6.45, 7) is 5.35. The highest BCUT2D eigenvalue weighted by atomic mass is 32.2. The minimum atomic E-state index is -3.60. The van der Waals surface area contributed by atoms with Gasteiger partial charge in [-0.3, -0.25) is 14.5 Å². The molecule has 2 aromatic carbocycles. The zero-order valence-electron chi connectivity index (χ0n) is 19.0. The van der Waals surface area contributed by atoms with Gasteiger partial charge in [0.1, 0.15) is 5.25 Å². The molecule has 0 bridgehead atoms. The number of ether oxygens (including phenoxy) is 1. The predicted molar refractivity (Wildman–Crippen MR) is 136 cm³/mol. The Morgan fingerprint density at radius 3 is 2.49 bits per heavy atom. The molecule has 0 saturated carbocycles. The fraction of sp³-hybridized carbons (Fsp3) is 0.292. The maximum absolute atomic E-state index is 12.9. The third-order valence-electron chi connectivity index (χ3n) is 5.43. The quantitative estimate of drug-likeness (QED) is 0.543. The third-order valence-corrected chi connectivity index (χ3v) is 8.52. The molecule has 2 fully saturated rings. The number of amides is 2. The van der Waals surface area contributed by atoms with Crippen molar-refractivity contribution in [2.45, 2.75) is 16.6 Å². The van der Waals surface area contributed by atoms with Gasteiger partial charge in [0.05, 0.1) is 23.8 Å². The molecule has 4 rings (SSSR count). The van der Waals surface area contributed by atoms with E-state index in [4.69, 9.17) is 4.74 Å². The van der Waals surface area contributed by atoms with Crippen LogP contribution in [0.1, 0.15) is 6.42 Å². The fourth-order valence-corrected chi connectivity index (χ4v) is 6.24. The van der Waals surface area contributed by atoms with Crippen molar-refractivity contribution in [3.05, 3.63) is 67.3 Å². The summed E-state index contributed by atoms with van der Waals surface area (Å²) < 4.78 is 32.3. The number of hydrogen-bond donors (Lipinski definition) is 1. The number of amidine groups is 1. The lowest BCUT2D eigenvalue weighted by Crippen LogP contribution is -2.40. The zero-order chi connectivity index (χ0) is 24.8. The largest absolute Gasteiger partial charge is 0.379 e. The van der Waals surface area contributed by atoms with Crippen molar-refractivity contribution < 1.29 is 22.7 Å². The highest BCUT2D eigenvalue weighted by Crippen LogP contribution is 2.32. The van der Waals surface area contributed by atoms with Crippen LogP contribution in [0.5, 0.6) is 0 Å². The molecule has 1 N–H and O–H groups in total. The first-order chi connectivity index (χ1) is 16.9. The molecule has 184 valence electrons. The normalized spacial score (nSPS) is 20.2. The lowest BCUT2D eigenvalue weighted by molar-refractivity contribution is -0.127. The Morgan fingerprint density at radius 1 is 1.14 bits per heavy atom. The van der Waals surface area contributed by atoms with E-state index in [9.17, 15) is 18.0 Å². The van der Waals surface area contributed by atoms with Crippen molar-refractivity contribution in [2.75, 3.05) is 38.2 Å². The highest BCUT2D eigenvalue weighted by Gasteiger charge is 2.38. The van der Waals surface area contributed by atoms with Crippen molar-refractivity contribution in [3.63, 3.8) is 0 Å². The molecule has 9 nitrogen and oxygen atoms in total. The first-order valence-corrected chi connectivity index (χ1v) is 13.4. The van der Waals surface area contributed by atoms with E-state index < -0.39 is 15.3 Å². The average Bonchev–Trinajstić information content (AvgIpc) is 3.14. The van der Waals surface area contributed by atoms with Crippen molar-refractivity contribution >= 4 is 50.1 Å². The number of rotatable bonds is 8. The molecule has 0 radical (unpaired) electrons. The number of anilines is 1. The van der Waals surface area contributed by atoms with Crippen LogP contribution in [0.15, 0.2) is 77.1 Å². The second-order valence-electron chi connectivity index (χ2n) is 7.87. The number of benzene rings is 2. The molecular weight excluding hydrogens is 488 g/mol. The van der Waals surface area contributed by atoms with Gasteiger partial charge in [-0.25, -0.2) is 13.4 Å². The summed E-state index contributed by atoms with van der Waals surface area (Å²) in [5.74, 6) is -0.483. The summed E-state index contributed by atoms with van der Waals surface area (Å²) in [5, 5.41) is 2.62. The van der Waals surface area contributed by atoms with Crippen LogP contribution < -0.4 is 5.32 Å². The second kappa shape index (κ2) is 11.2. The van der Waals surface area contributed by atoms with E-state index in [2.05, 4.69) is 16.9 Å². The van der Waals surface area contributed by atoms with Crippen LogP contribution in [0.4, 0.5) is 11.4 Å². The number of sulfonamides is 1. The molecule has 0 aliphatic carbocycles. The number of aliphatic imine (C=N–C) groups is 1. The lowest BCUT2D eigenvalue weighted by Gasteiger charge is -2.26. The summed E-state index contributed by atoms with van der Waals surface area (Å²) in [6.07, 6.45) is 1.60. The van der Waals surface area contributed by atoms with Gasteiger partial charge in [-0.15, -0.1) is 6.58 Å². The van der Waals surface area contributed by atoms with Crippen molar-refractivity contribution in [1.82, 2.24) is 9.21 Å². The van der Waals surface area contributed by atoms with Gasteiger partial charge < -0.3 is 10.1 Å². The number of morpholine rings is 1. The molecule has 11 heteroatoms. The van der Waals surface area contributed by atoms with Crippen molar-refractivity contribution in [2.24, 2.45) is 4.99 Å². The summed E-state index contributed by atoms with van der Waals surface area (Å²) in [4.78, 5) is 31.7. The maximum Gasteiger partial charge on any atom is 0.243 e. The minimum Gasteiger partial charge on any atom is -0.379 e. The fourth-order valence-electron chi connectivity index (χ4n) is 3.66. The van der Waals surface area contributed by atoms with Crippen molar-refractivity contribution in [3.8, 4) is 0 Å².